The maximum absolute atomic E-state index is 11.8. The first kappa shape index (κ1) is 16.2. The highest BCUT2D eigenvalue weighted by atomic mass is 32.1. The molecule has 6 nitrogen and oxygen atoms in total. The standard InChI is InChI=1S/C14H24N4O2S/c1-10-5-3-4-6-11(10)20-9-13(19)15-8-7-12-16-17-14(21)18(12)2/h10-11H,3-9H2,1-2H3,(H,15,19)(H,17,21)/t10-,11-/m0/s1. The summed E-state index contributed by atoms with van der Waals surface area (Å²) in [6.45, 7) is 2.88. The fourth-order valence-corrected chi connectivity index (χ4v) is 2.83. The van der Waals surface area contributed by atoms with Gasteiger partial charge in [-0.05, 0) is 31.0 Å². The Morgan fingerprint density at radius 3 is 2.95 bits per heavy atom. The number of carbonyl (C=O) groups excluding carboxylic acids is 1. The van der Waals surface area contributed by atoms with Crippen LogP contribution in [0.25, 0.3) is 0 Å². The first-order chi connectivity index (χ1) is 10.1. The number of ether oxygens (including phenoxy) is 1. The molecule has 2 atom stereocenters. The van der Waals surface area contributed by atoms with Gasteiger partial charge in [0.1, 0.15) is 12.4 Å². The van der Waals surface area contributed by atoms with Gasteiger partial charge in [-0.25, -0.2) is 0 Å². The maximum Gasteiger partial charge on any atom is 0.246 e. The number of aromatic nitrogens is 3. The quantitative estimate of drug-likeness (QED) is 0.785. The lowest BCUT2D eigenvalue weighted by Gasteiger charge is -2.28. The Hall–Kier alpha value is -1.21. The van der Waals surface area contributed by atoms with Gasteiger partial charge >= 0.3 is 0 Å². The van der Waals surface area contributed by atoms with E-state index in [0.29, 0.717) is 23.7 Å². The highest BCUT2D eigenvalue weighted by Gasteiger charge is 2.22. The first-order valence-corrected chi connectivity index (χ1v) is 7.97. The number of hydrogen-bond donors (Lipinski definition) is 2. The van der Waals surface area contributed by atoms with E-state index in [1.165, 1.54) is 19.3 Å². The molecule has 1 fully saturated rings. The second kappa shape index (κ2) is 7.70. The molecule has 0 saturated heterocycles. The van der Waals surface area contributed by atoms with E-state index in [4.69, 9.17) is 17.0 Å². The topological polar surface area (TPSA) is 71.9 Å². The third kappa shape index (κ3) is 4.64. The zero-order valence-corrected chi connectivity index (χ0v) is 13.5. The van der Waals surface area contributed by atoms with E-state index in [1.807, 2.05) is 11.6 Å². The highest BCUT2D eigenvalue weighted by molar-refractivity contribution is 7.71. The fourth-order valence-electron chi connectivity index (χ4n) is 2.68. The molecule has 0 aliphatic heterocycles. The molecule has 0 aromatic carbocycles. The van der Waals surface area contributed by atoms with Gasteiger partial charge in [-0.1, -0.05) is 19.8 Å². The SMILES string of the molecule is C[C@H]1CCCC[C@@H]1OCC(=O)NCCc1n[nH]c(=S)n1C. The Bertz CT molecular complexity index is 525. The smallest absolute Gasteiger partial charge is 0.246 e. The summed E-state index contributed by atoms with van der Waals surface area (Å²) in [7, 11) is 1.86. The number of carbonyl (C=O) groups is 1. The van der Waals surface area contributed by atoms with Crippen molar-refractivity contribution in [3.8, 4) is 0 Å². The number of amides is 1. The second-order valence-electron chi connectivity index (χ2n) is 5.72. The Labute approximate surface area is 130 Å². The lowest BCUT2D eigenvalue weighted by molar-refractivity contribution is -0.129. The van der Waals surface area contributed by atoms with Crippen LogP contribution in [-0.4, -0.2) is 39.9 Å². The van der Waals surface area contributed by atoms with Crippen LogP contribution >= 0.6 is 12.2 Å². The summed E-state index contributed by atoms with van der Waals surface area (Å²) in [6.07, 6.45) is 5.63. The van der Waals surface area contributed by atoms with Crippen molar-refractivity contribution in [1.82, 2.24) is 20.1 Å². The number of H-pyrrole nitrogens is 1. The summed E-state index contributed by atoms with van der Waals surface area (Å²) < 4.78 is 8.13. The van der Waals surface area contributed by atoms with Gasteiger partial charge in [-0.15, -0.1) is 0 Å². The average molecular weight is 312 g/mol. The van der Waals surface area contributed by atoms with Crippen LogP contribution in [0.2, 0.25) is 0 Å². The number of rotatable bonds is 6. The first-order valence-electron chi connectivity index (χ1n) is 7.56. The fraction of sp³-hybridized carbons (Fsp3) is 0.786. The minimum Gasteiger partial charge on any atom is -0.368 e. The molecule has 1 heterocycles. The third-order valence-electron chi connectivity index (χ3n) is 4.10. The van der Waals surface area contributed by atoms with Crippen molar-refractivity contribution in [3.05, 3.63) is 10.6 Å². The molecule has 1 aliphatic rings. The van der Waals surface area contributed by atoms with Crippen molar-refractivity contribution < 1.29 is 9.53 Å². The molecule has 0 bridgehead atoms. The largest absolute Gasteiger partial charge is 0.368 e. The summed E-state index contributed by atoms with van der Waals surface area (Å²) in [4.78, 5) is 11.8. The van der Waals surface area contributed by atoms with Gasteiger partial charge in [-0.2, -0.15) is 5.10 Å². The van der Waals surface area contributed by atoms with Crippen LogP contribution in [0.4, 0.5) is 0 Å². The molecule has 1 aliphatic carbocycles. The van der Waals surface area contributed by atoms with E-state index < -0.39 is 0 Å². The van der Waals surface area contributed by atoms with E-state index in [-0.39, 0.29) is 18.6 Å². The predicted octanol–water partition coefficient (Wildman–Crippen LogP) is 1.73. The number of aromatic amines is 1. The van der Waals surface area contributed by atoms with Crippen molar-refractivity contribution in [2.45, 2.75) is 45.1 Å². The molecule has 1 aromatic heterocycles. The lowest BCUT2D eigenvalue weighted by Crippen LogP contribution is -2.34. The summed E-state index contributed by atoms with van der Waals surface area (Å²) in [5, 5.41) is 9.69. The zero-order valence-electron chi connectivity index (χ0n) is 12.7. The van der Waals surface area contributed by atoms with Crippen LogP contribution in [-0.2, 0) is 23.0 Å². The molecular weight excluding hydrogens is 288 g/mol. The van der Waals surface area contributed by atoms with Gasteiger partial charge < -0.3 is 14.6 Å². The second-order valence-corrected chi connectivity index (χ2v) is 6.10. The van der Waals surface area contributed by atoms with Crippen molar-refractivity contribution in [2.24, 2.45) is 13.0 Å². The van der Waals surface area contributed by atoms with Gasteiger partial charge in [0.2, 0.25) is 5.91 Å². The van der Waals surface area contributed by atoms with Crippen LogP contribution in [0.1, 0.15) is 38.4 Å². The van der Waals surface area contributed by atoms with Crippen molar-refractivity contribution in [3.63, 3.8) is 0 Å². The lowest BCUT2D eigenvalue weighted by atomic mass is 9.88. The van der Waals surface area contributed by atoms with Crippen molar-refractivity contribution in [1.29, 1.82) is 0 Å². The van der Waals surface area contributed by atoms with Crippen molar-refractivity contribution >= 4 is 18.1 Å². The van der Waals surface area contributed by atoms with Crippen molar-refractivity contribution in [2.75, 3.05) is 13.2 Å². The Morgan fingerprint density at radius 1 is 1.52 bits per heavy atom. The van der Waals surface area contributed by atoms with Gasteiger partial charge in [0, 0.05) is 20.0 Å². The predicted molar refractivity (Wildman–Crippen MR) is 82.5 cm³/mol. The average Bonchev–Trinajstić information content (AvgIpc) is 2.78. The number of hydrogen-bond acceptors (Lipinski definition) is 4. The molecule has 0 spiro atoms. The maximum atomic E-state index is 11.8. The van der Waals surface area contributed by atoms with Gasteiger partial charge in [0.15, 0.2) is 4.77 Å². The summed E-state index contributed by atoms with van der Waals surface area (Å²) in [5.74, 6) is 1.33. The molecule has 1 aromatic rings. The molecule has 1 amide bonds. The molecular formula is C14H24N4O2S. The normalized spacial score (nSPS) is 22.2. The molecule has 118 valence electrons. The minimum atomic E-state index is -0.0652. The zero-order chi connectivity index (χ0) is 15.2. The Kier molecular flexibility index (Phi) is 5.93. The van der Waals surface area contributed by atoms with Gasteiger partial charge in [0.05, 0.1) is 6.10 Å². The number of nitrogens with zero attached hydrogens (tertiary/aromatic N) is 2. The van der Waals surface area contributed by atoms with Gasteiger partial charge in [-0.3, -0.25) is 9.89 Å². The third-order valence-corrected chi connectivity index (χ3v) is 4.47. The summed E-state index contributed by atoms with van der Waals surface area (Å²) in [5.41, 5.74) is 0. The Balaban J connectivity index is 1.65. The number of nitrogens with one attached hydrogen (secondary N) is 2. The van der Waals surface area contributed by atoms with E-state index in [9.17, 15) is 4.79 Å². The molecule has 21 heavy (non-hydrogen) atoms. The van der Waals surface area contributed by atoms with Crippen LogP contribution in [0, 0.1) is 10.7 Å². The Morgan fingerprint density at radius 2 is 2.29 bits per heavy atom. The molecule has 2 rings (SSSR count). The van der Waals surface area contributed by atoms with E-state index in [2.05, 4.69) is 22.4 Å². The van der Waals surface area contributed by atoms with E-state index in [0.717, 1.165) is 12.2 Å². The monoisotopic (exact) mass is 312 g/mol. The van der Waals surface area contributed by atoms with Crippen LogP contribution in [0.5, 0.6) is 0 Å². The van der Waals surface area contributed by atoms with E-state index >= 15 is 0 Å². The molecule has 2 N–H and O–H groups in total. The van der Waals surface area contributed by atoms with Crippen LogP contribution in [0.3, 0.4) is 0 Å². The molecule has 0 radical (unpaired) electrons. The molecule has 1 saturated carbocycles. The van der Waals surface area contributed by atoms with E-state index in [1.54, 1.807) is 0 Å². The molecule has 0 unspecified atom stereocenters. The highest BCUT2D eigenvalue weighted by Crippen LogP contribution is 2.25. The minimum absolute atomic E-state index is 0.0652. The van der Waals surface area contributed by atoms with Crippen LogP contribution < -0.4 is 5.32 Å². The van der Waals surface area contributed by atoms with Gasteiger partial charge in [0.25, 0.3) is 0 Å². The van der Waals surface area contributed by atoms with Crippen LogP contribution in [0.15, 0.2) is 0 Å². The summed E-state index contributed by atoms with van der Waals surface area (Å²) in [6, 6.07) is 0. The summed E-state index contributed by atoms with van der Waals surface area (Å²) >= 11 is 5.04. The molecule has 7 heteroatoms.